The first-order valence-electron chi connectivity index (χ1n) is 8.12. The number of carbonyl (C=O) groups is 1. The van der Waals surface area contributed by atoms with Crippen LogP contribution in [0.5, 0.6) is 5.75 Å². The van der Waals surface area contributed by atoms with Gasteiger partial charge in [0.15, 0.2) is 6.29 Å². The molecule has 2 aliphatic heterocycles. The molecule has 0 aliphatic carbocycles. The zero-order valence-electron chi connectivity index (χ0n) is 13.1. The number of hydrogen-bond acceptors (Lipinski definition) is 4. The molecule has 1 amide bonds. The zero-order chi connectivity index (χ0) is 16.1. The van der Waals surface area contributed by atoms with Crippen molar-refractivity contribution in [2.75, 3.05) is 32.9 Å². The third-order valence-electron chi connectivity index (χ3n) is 4.24. The van der Waals surface area contributed by atoms with E-state index in [2.05, 4.69) is 0 Å². The predicted molar refractivity (Wildman–Crippen MR) is 81.5 cm³/mol. The number of halogens is 1. The van der Waals surface area contributed by atoms with Gasteiger partial charge < -0.3 is 19.1 Å². The Balaban J connectivity index is 1.43. The van der Waals surface area contributed by atoms with Gasteiger partial charge in [-0.2, -0.15) is 0 Å². The number of amides is 1. The summed E-state index contributed by atoms with van der Waals surface area (Å²) in [4.78, 5) is 14.2. The second-order valence-corrected chi connectivity index (χ2v) is 5.90. The molecule has 0 bridgehead atoms. The Morgan fingerprint density at radius 1 is 1.26 bits per heavy atom. The lowest BCUT2D eigenvalue weighted by Gasteiger charge is -2.34. The molecular formula is C17H22FNO4. The fraction of sp³-hybridized carbons (Fsp3) is 0.588. The van der Waals surface area contributed by atoms with Gasteiger partial charge in [-0.1, -0.05) is 0 Å². The number of nitrogens with zero attached hydrogens (tertiary/aromatic N) is 1. The molecule has 2 aliphatic rings. The molecule has 2 fully saturated rings. The van der Waals surface area contributed by atoms with Gasteiger partial charge in [0, 0.05) is 19.0 Å². The van der Waals surface area contributed by atoms with Crippen LogP contribution in [-0.2, 0) is 14.3 Å². The quantitative estimate of drug-likeness (QED) is 0.833. The molecule has 3 rings (SSSR count). The summed E-state index contributed by atoms with van der Waals surface area (Å²) >= 11 is 0. The van der Waals surface area contributed by atoms with E-state index in [1.807, 2.05) is 4.90 Å². The number of carbonyl (C=O) groups excluding carboxylic acids is 1. The van der Waals surface area contributed by atoms with Crippen molar-refractivity contribution in [3.8, 4) is 5.75 Å². The standard InChI is InChI=1S/C17H22FNO4/c18-14-3-5-15(6-4-14)21-9-7-16(20)19-8-1-2-13(12-19)17-22-10-11-23-17/h3-6,13,17H,1-2,7-12H2. The highest BCUT2D eigenvalue weighted by atomic mass is 19.1. The molecule has 0 radical (unpaired) electrons. The van der Waals surface area contributed by atoms with E-state index in [4.69, 9.17) is 14.2 Å². The summed E-state index contributed by atoms with van der Waals surface area (Å²) < 4.78 is 29.4. The van der Waals surface area contributed by atoms with Gasteiger partial charge in [-0.3, -0.25) is 4.79 Å². The van der Waals surface area contributed by atoms with Crippen molar-refractivity contribution in [1.82, 2.24) is 4.90 Å². The first kappa shape index (κ1) is 16.2. The Morgan fingerprint density at radius 2 is 2.00 bits per heavy atom. The third-order valence-corrected chi connectivity index (χ3v) is 4.24. The molecule has 2 heterocycles. The lowest BCUT2D eigenvalue weighted by molar-refractivity contribution is -0.139. The number of hydrogen-bond donors (Lipinski definition) is 0. The molecule has 5 nitrogen and oxygen atoms in total. The minimum atomic E-state index is -0.302. The molecule has 1 aromatic carbocycles. The minimum Gasteiger partial charge on any atom is -0.493 e. The summed E-state index contributed by atoms with van der Waals surface area (Å²) in [5, 5.41) is 0. The van der Waals surface area contributed by atoms with Crippen molar-refractivity contribution in [1.29, 1.82) is 0 Å². The summed E-state index contributed by atoms with van der Waals surface area (Å²) in [7, 11) is 0. The molecule has 0 saturated carbocycles. The Bertz CT molecular complexity index is 516. The van der Waals surface area contributed by atoms with Gasteiger partial charge in [0.05, 0.1) is 26.2 Å². The fourth-order valence-corrected chi connectivity index (χ4v) is 3.05. The number of benzene rings is 1. The second kappa shape index (κ2) is 7.75. The molecule has 6 heteroatoms. The Morgan fingerprint density at radius 3 is 2.74 bits per heavy atom. The predicted octanol–water partition coefficient (Wildman–Crippen LogP) is 2.21. The molecule has 1 unspecified atom stereocenters. The lowest BCUT2D eigenvalue weighted by Crippen LogP contribution is -2.44. The summed E-state index contributed by atoms with van der Waals surface area (Å²) in [5.41, 5.74) is 0. The monoisotopic (exact) mass is 323 g/mol. The van der Waals surface area contributed by atoms with Crippen LogP contribution >= 0.6 is 0 Å². The topological polar surface area (TPSA) is 48.0 Å². The van der Waals surface area contributed by atoms with E-state index < -0.39 is 0 Å². The molecule has 1 aromatic rings. The molecule has 2 saturated heterocycles. The van der Waals surface area contributed by atoms with E-state index in [0.717, 1.165) is 19.4 Å². The van der Waals surface area contributed by atoms with E-state index in [-0.39, 0.29) is 23.9 Å². The summed E-state index contributed by atoms with van der Waals surface area (Å²) in [6.45, 7) is 3.03. The van der Waals surface area contributed by atoms with Gasteiger partial charge in [-0.05, 0) is 37.1 Å². The maximum atomic E-state index is 12.8. The van der Waals surface area contributed by atoms with Crippen molar-refractivity contribution in [3.63, 3.8) is 0 Å². The van der Waals surface area contributed by atoms with Crippen molar-refractivity contribution in [2.24, 2.45) is 5.92 Å². The number of piperidine rings is 1. The van der Waals surface area contributed by atoms with E-state index in [1.54, 1.807) is 12.1 Å². The van der Waals surface area contributed by atoms with Crippen molar-refractivity contribution in [3.05, 3.63) is 30.1 Å². The fourth-order valence-electron chi connectivity index (χ4n) is 3.05. The molecule has 0 N–H and O–H groups in total. The van der Waals surface area contributed by atoms with Crippen LogP contribution in [0.25, 0.3) is 0 Å². The molecule has 23 heavy (non-hydrogen) atoms. The van der Waals surface area contributed by atoms with Crippen LogP contribution in [0.3, 0.4) is 0 Å². The van der Waals surface area contributed by atoms with Crippen molar-refractivity contribution >= 4 is 5.91 Å². The van der Waals surface area contributed by atoms with Gasteiger partial charge in [-0.25, -0.2) is 4.39 Å². The third kappa shape index (κ3) is 4.42. The zero-order valence-corrected chi connectivity index (χ0v) is 13.1. The molecular weight excluding hydrogens is 301 g/mol. The van der Waals surface area contributed by atoms with Crippen LogP contribution in [0.15, 0.2) is 24.3 Å². The number of likely N-dealkylation sites (tertiary alicyclic amines) is 1. The Labute approximate surface area is 135 Å². The first-order valence-corrected chi connectivity index (χ1v) is 8.12. The van der Waals surface area contributed by atoms with Gasteiger partial charge in [-0.15, -0.1) is 0 Å². The highest BCUT2D eigenvalue weighted by molar-refractivity contribution is 5.76. The van der Waals surface area contributed by atoms with Gasteiger partial charge in [0.25, 0.3) is 0 Å². The molecule has 1 atom stereocenters. The Hall–Kier alpha value is -1.66. The van der Waals surface area contributed by atoms with Crippen LogP contribution in [-0.4, -0.2) is 50.0 Å². The summed E-state index contributed by atoms with van der Waals surface area (Å²) in [6, 6.07) is 5.80. The number of rotatable bonds is 5. The van der Waals surface area contributed by atoms with Gasteiger partial charge >= 0.3 is 0 Å². The Kier molecular flexibility index (Phi) is 5.46. The maximum Gasteiger partial charge on any atom is 0.226 e. The van der Waals surface area contributed by atoms with Crippen LogP contribution in [0.4, 0.5) is 4.39 Å². The summed E-state index contributed by atoms with van der Waals surface area (Å²) in [6.07, 6.45) is 2.15. The van der Waals surface area contributed by atoms with E-state index in [0.29, 0.717) is 38.5 Å². The van der Waals surface area contributed by atoms with Crippen LogP contribution in [0.2, 0.25) is 0 Å². The second-order valence-electron chi connectivity index (χ2n) is 5.90. The highest BCUT2D eigenvalue weighted by Crippen LogP contribution is 2.25. The maximum absolute atomic E-state index is 12.8. The average Bonchev–Trinajstić information content (AvgIpc) is 3.11. The van der Waals surface area contributed by atoms with Crippen LogP contribution < -0.4 is 4.74 Å². The van der Waals surface area contributed by atoms with E-state index in [1.165, 1.54) is 12.1 Å². The molecule has 126 valence electrons. The SMILES string of the molecule is O=C(CCOc1ccc(F)cc1)N1CCCC(C2OCCO2)C1. The van der Waals surface area contributed by atoms with Crippen molar-refractivity contribution in [2.45, 2.75) is 25.6 Å². The highest BCUT2D eigenvalue weighted by Gasteiger charge is 2.32. The van der Waals surface area contributed by atoms with E-state index >= 15 is 0 Å². The van der Waals surface area contributed by atoms with Gasteiger partial charge in [0.1, 0.15) is 11.6 Å². The first-order chi connectivity index (χ1) is 11.2. The van der Waals surface area contributed by atoms with Gasteiger partial charge in [0.2, 0.25) is 5.91 Å². The number of ether oxygens (including phenoxy) is 3. The molecule has 0 aromatic heterocycles. The largest absolute Gasteiger partial charge is 0.493 e. The minimum absolute atomic E-state index is 0.0785. The smallest absolute Gasteiger partial charge is 0.226 e. The van der Waals surface area contributed by atoms with Crippen LogP contribution in [0, 0.1) is 11.7 Å². The summed E-state index contributed by atoms with van der Waals surface area (Å²) in [5.74, 6) is 0.607. The molecule has 0 spiro atoms. The normalized spacial score (nSPS) is 22.3. The lowest BCUT2D eigenvalue weighted by atomic mass is 9.97. The van der Waals surface area contributed by atoms with Crippen molar-refractivity contribution < 1.29 is 23.4 Å². The average molecular weight is 323 g/mol. The van der Waals surface area contributed by atoms with E-state index in [9.17, 15) is 9.18 Å². The van der Waals surface area contributed by atoms with Crippen LogP contribution in [0.1, 0.15) is 19.3 Å².